The summed E-state index contributed by atoms with van der Waals surface area (Å²) in [5, 5.41) is 4.36. The van der Waals surface area contributed by atoms with Crippen molar-refractivity contribution in [3.05, 3.63) is 42.7 Å². The average Bonchev–Trinajstić information content (AvgIpc) is 2.98. The summed E-state index contributed by atoms with van der Waals surface area (Å²) in [7, 11) is 3.37. The van der Waals surface area contributed by atoms with Crippen molar-refractivity contribution in [3.8, 4) is 16.9 Å². The largest absolute Gasteiger partial charge is 0.496 e. The van der Waals surface area contributed by atoms with E-state index in [-0.39, 0.29) is 0 Å². The molecule has 0 radical (unpaired) electrons. The number of pyridine rings is 1. The van der Waals surface area contributed by atoms with Gasteiger partial charge in [-0.05, 0) is 12.1 Å². The van der Waals surface area contributed by atoms with E-state index in [0.717, 1.165) is 40.1 Å². The highest BCUT2D eigenvalue weighted by atomic mass is 16.5. The molecule has 0 spiro atoms. The van der Waals surface area contributed by atoms with Crippen LogP contribution in [0.1, 0.15) is 0 Å². The van der Waals surface area contributed by atoms with Gasteiger partial charge in [-0.3, -0.25) is 0 Å². The van der Waals surface area contributed by atoms with Crippen LogP contribution in [0.5, 0.6) is 5.75 Å². The molecule has 2 heterocycles. The van der Waals surface area contributed by atoms with E-state index in [1.165, 1.54) is 0 Å². The summed E-state index contributed by atoms with van der Waals surface area (Å²) in [6.07, 6.45) is 3.79. The van der Waals surface area contributed by atoms with Crippen molar-refractivity contribution in [1.82, 2.24) is 9.97 Å². The van der Waals surface area contributed by atoms with Gasteiger partial charge in [-0.1, -0.05) is 18.2 Å². The van der Waals surface area contributed by atoms with Crippen molar-refractivity contribution in [2.24, 2.45) is 0 Å². The maximum atomic E-state index is 5.46. The molecule has 0 aliphatic heterocycles. The van der Waals surface area contributed by atoms with Crippen LogP contribution in [0, 0.1) is 0 Å². The molecule has 0 fully saturated rings. The third kappa shape index (κ3) is 2.76. The molecule has 3 rings (SSSR count). The Morgan fingerprint density at radius 1 is 1.18 bits per heavy atom. The van der Waals surface area contributed by atoms with Gasteiger partial charge in [-0.15, -0.1) is 0 Å². The van der Waals surface area contributed by atoms with Crippen LogP contribution in [0.25, 0.3) is 22.2 Å². The number of anilines is 1. The van der Waals surface area contributed by atoms with E-state index in [1.807, 2.05) is 36.7 Å². The van der Waals surface area contributed by atoms with Crippen molar-refractivity contribution in [3.63, 3.8) is 0 Å². The zero-order valence-corrected chi connectivity index (χ0v) is 12.7. The Labute approximate surface area is 129 Å². The molecule has 3 aromatic rings. The number of benzene rings is 1. The van der Waals surface area contributed by atoms with E-state index in [4.69, 9.17) is 9.47 Å². The van der Waals surface area contributed by atoms with Crippen LogP contribution >= 0.6 is 0 Å². The summed E-state index contributed by atoms with van der Waals surface area (Å²) in [5.41, 5.74) is 3.96. The fourth-order valence-corrected chi connectivity index (χ4v) is 2.49. The van der Waals surface area contributed by atoms with E-state index >= 15 is 0 Å². The maximum absolute atomic E-state index is 5.46. The molecular formula is C17H19N3O2. The molecule has 0 bridgehead atoms. The van der Waals surface area contributed by atoms with Gasteiger partial charge in [0.15, 0.2) is 0 Å². The van der Waals surface area contributed by atoms with Crippen LogP contribution in [-0.2, 0) is 4.74 Å². The summed E-state index contributed by atoms with van der Waals surface area (Å²) in [6, 6.07) is 10.1. The summed E-state index contributed by atoms with van der Waals surface area (Å²) in [6.45, 7) is 1.41. The quantitative estimate of drug-likeness (QED) is 0.685. The van der Waals surface area contributed by atoms with Crippen LogP contribution in [0.15, 0.2) is 42.7 Å². The Morgan fingerprint density at radius 2 is 2.05 bits per heavy atom. The number of hydrogen-bond donors (Lipinski definition) is 2. The number of aromatic amines is 1. The fourth-order valence-electron chi connectivity index (χ4n) is 2.49. The molecule has 5 heteroatoms. The molecule has 0 aliphatic carbocycles. The number of aromatic nitrogens is 2. The molecule has 0 saturated heterocycles. The van der Waals surface area contributed by atoms with Gasteiger partial charge in [0.25, 0.3) is 0 Å². The lowest BCUT2D eigenvalue weighted by Crippen LogP contribution is -2.07. The van der Waals surface area contributed by atoms with Gasteiger partial charge < -0.3 is 19.8 Å². The van der Waals surface area contributed by atoms with Crippen molar-refractivity contribution >= 4 is 16.7 Å². The van der Waals surface area contributed by atoms with Gasteiger partial charge in [-0.2, -0.15) is 0 Å². The second-order valence-electron chi connectivity index (χ2n) is 4.94. The predicted octanol–water partition coefficient (Wildman–Crippen LogP) is 3.30. The summed E-state index contributed by atoms with van der Waals surface area (Å²) >= 11 is 0. The van der Waals surface area contributed by atoms with Crippen molar-refractivity contribution in [2.75, 3.05) is 32.7 Å². The molecule has 2 aromatic heterocycles. The van der Waals surface area contributed by atoms with Gasteiger partial charge in [0.1, 0.15) is 11.4 Å². The van der Waals surface area contributed by atoms with Crippen molar-refractivity contribution in [1.29, 1.82) is 0 Å². The molecular weight excluding hydrogens is 278 g/mol. The molecule has 0 aliphatic rings. The van der Waals surface area contributed by atoms with E-state index in [0.29, 0.717) is 6.61 Å². The molecule has 114 valence electrons. The van der Waals surface area contributed by atoms with Crippen LogP contribution in [0.2, 0.25) is 0 Å². The van der Waals surface area contributed by atoms with Gasteiger partial charge >= 0.3 is 0 Å². The molecule has 2 N–H and O–H groups in total. The SMILES string of the molecule is COCCNc1cnc2[nH]cc(-c3ccccc3OC)c2c1. The molecule has 0 atom stereocenters. The second kappa shape index (κ2) is 6.49. The molecule has 0 unspecified atom stereocenters. The predicted molar refractivity (Wildman–Crippen MR) is 88.4 cm³/mol. The lowest BCUT2D eigenvalue weighted by atomic mass is 10.0. The number of hydrogen-bond acceptors (Lipinski definition) is 4. The number of ether oxygens (including phenoxy) is 2. The monoisotopic (exact) mass is 297 g/mol. The first-order chi connectivity index (χ1) is 10.8. The summed E-state index contributed by atoms with van der Waals surface area (Å²) in [4.78, 5) is 7.68. The Morgan fingerprint density at radius 3 is 2.86 bits per heavy atom. The molecule has 0 amide bonds. The molecule has 22 heavy (non-hydrogen) atoms. The third-order valence-corrected chi connectivity index (χ3v) is 3.56. The second-order valence-corrected chi connectivity index (χ2v) is 4.94. The highest BCUT2D eigenvalue weighted by Gasteiger charge is 2.11. The third-order valence-electron chi connectivity index (χ3n) is 3.56. The standard InChI is InChI=1S/C17H19N3O2/c1-21-8-7-18-12-9-14-15(11-20-17(14)19-10-12)13-5-3-4-6-16(13)22-2/h3-6,9-11,18H,7-8H2,1-2H3,(H,19,20). The van der Waals surface area contributed by atoms with Crippen LogP contribution in [-0.4, -0.2) is 37.3 Å². The Balaban J connectivity index is 2.01. The van der Waals surface area contributed by atoms with E-state index in [1.54, 1.807) is 14.2 Å². The van der Waals surface area contributed by atoms with Crippen molar-refractivity contribution in [2.45, 2.75) is 0 Å². The minimum Gasteiger partial charge on any atom is -0.496 e. The fraction of sp³-hybridized carbons (Fsp3) is 0.235. The number of para-hydroxylation sites is 1. The first kappa shape index (κ1) is 14.4. The maximum Gasteiger partial charge on any atom is 0.138 e. The van der Waals surface area contributed by atoms with Crippen LogP contribution in [0.3, 0.4) is 0 Å². The van der Waals surface area contributed by atoms with Gasteiger partial charge in [0.2, 0.25) is 0 Å². The first-order valence-corrected chi connectivity index (χ1v) is 7.17. The molecule has 0 saturated carbocycles. The molecule has 5 nitrogen and oxygen atoms in total. The lowest BCUT2D eigenvalue weighted by molar-refractivity contribution is 0.211. The average molecular weight is 297 g/mol. The number of rotatable bonds is 6. The van der Waals surface area contributed by atoms with Crippen molar-refractivity contribution < 1.29 is 9.47 Å². The zero-order chi connectivity index (χ0) is 15.4. The topological polar surface area (TPSA) is 59.2 Å². The van der Waals surface area contributed by atoms with Gasteiger partial charge in [0, 0.05) is 36.4 Å². The Hall–Kier alpha value is -2.53. The van der Waals surface area contributed by atoms with Crippen LogP contribution < -0.4 is 10.1 Å². The molecule has 1 aromatic carbocycles. The van der Waals surface area contributed by atoms with Crippen LogP contribution in [0.4, 0.5) is 5.69 Å². The number of H-pyrrole nitrogens is 1. The summed E-state index contributed by atoms with van der Waals surface area (Å²) in [5.74, 6) is 0.848. The summed E-state index contributed by atoms with van der Waals surface area (Å²) < 4.78 is 10.5. The number of nitrogens with one attached hydrogen (secondary N) is 2. The smallest absolute Gasteiger partial charge is 0.138 e. The Kier molecular flexibility index (Phi) is 4.25. The van der Waals surface area contributed by atoms with Gasteiger partial charge in [0.05, 0.1) is 25.6 Å². The highest BCUT2D eigenvalue weighted by molar-refractivity contribution is 5.96. The number of methoxy groups -OCH3 is 2. The lowest BCUT2D eigenvalue weighted by Gasteiger charge is -2.08. The Bertz CT molecular complexity index is 767. The highest BCUT2D eigenvalue weighted by Crippen LogP contribution is 2.35. The van der Waals surface area contributed by atoms with Gasteiger partial charge in [-0.25, -0.2) is 4.98 Å². The minimum atomic E-state index is 0.657. The first-order valence-electron chi connectivity index (χ1n) is 7.17. The van der Waals surface area contributed by atoms with E-state index < -0.39 is 0 Å². The normalized spacial score (nSPS) is 10.8. The number of nitrogens with zero attached hydrogens (tertiary/aromatic N) is 1. The zero-order valence-electron chi connectivity index (χ0n) is 12.7. The van der Waals surface area contributed by atoms with E-state index in [9.17, 15) is 0 Å². The minimum absolute atomic E-state index is 0.657. The van der Waals surface area contributed by atoms with E-state index in [2.05, 4.69) is 21.4 Å². The number of fused-ring (bicyclic) bond motifs is 1.